The molecular weight excluding hydrogens is 390 g/mol. The molecule has 1 aromatic carbocycles. The van der Waals surface area contributed by atoms with Crippen LogP contribution < -0.4 is 0 Å². The van der Waals surface area contributed by atoms with Gasteiger partial charge in [0.25, 0.3) is 11.8 Å². The summed E-state index contributed by atoms with van der Waals surface area (Å²) in [5.74, 6) is -0.583. The number of hydrogen-bond acceptors (Lipinski definition) is 5. The van der Waals surface area contributed by atoms with E-state index in [-0.39, 0.29) is 18.4 Å². The van der Waals surface area contributed by atoms with Crippen molar-refractivity contribution in [2.24, 2.45) is 0 Å². The smallest absolute Gasteiger partial charge is 0.277 e. The molecule has 2 aromatic rings. The lowest BCUT2D eigenvalue weighted by molar-refractivity contribution is -0.138. The summed E-state index contributed by atoms with van der Waals surface area (Å²) < 4.78 is 5.08. The van der Waals surface area contributed by atoms with Gasteiger partial charge in [-0.1, -0.05) is 23.7 Å². The number of hydrogen-bond donors (Lipinski definition) is 0. The molecule has 1 aliphatic rings. The van der Waals surface area contributed by atoms with Gasteiger partial charge in [-0.15, -0.1) is 0 Å². The number of rotatable bonds is 9. The second-order valence-corrected chi connectivity index (χ2v) is 7.11. The second kappa shape index (κ2) is 9.67. The largest absolute Gasteiger partial charge is 0.383 e. The number of likely N-dealkylation sites (N-methyl/N-ethyl adjacent to an activating group) is 1. The Hall–Kier alpha value is -2.70. The number of aromatic nitrogens is 1. The molecule has 6 nitrogen and oxygen atoms in total. The molecule has 29 heavy (non-hydrogen) atoms. The zero-order valence-corrected chi connectivity index (χ0v) is 17.4. The second-order valence-electron chi connectivity index (χ2n) is 6.67. The average Bonchev–Trinajstić information content (AvgIpc) is 2.98. The molecule has 0 radical (unpaired) electrons. The van der Waals surface area contributed by atoms with Gasteiger partial charge in [0.1, 0.15) is 5.70 Å². The quantitative estimate of drug-likeness (QED) is 0.591. The van der Waals surface area contributed by atoms with Gasteiger partial charge < -0.3 is 9.64 Å². The van der Waals surface area contributed by atoms with Gasteiger partial charge in [0.05, 0.1) is 18.7 Å². The maximum atomic E-state index is 13.2. The summed E-state index contributed by atoms with van der Waals surface area (Å²) >= 11 is 6.01. The molecule has 2 heterocycles. The minimum absolute atomic E-state index is 0.219. The minimum atomic E-state index is -0.299. The number of benzene rings is 1. The minimum Gasteiger partial charge on any atom is -0.383 e. The third-order valence-electron chi connectivity index (χ3n) is 4.91. The summed E-state index contributed by atoms with van der Waals surface area (Å²) in [6.07, 6.45) is 4.24. The van der Waals surface area contributed by atoms with Gasteiger partial charge in [-0.25, -0.2) is 0 Å². The van der Waals surface area contributed by atoms with Crippen molar-refractivity contribution in [3.63, 3.8) is 0 Å². The third-order valence-corrected chi connectivity index (χ3v) is 5.17. The Labute approximate surface area is 175 Å². The molecular formula is C22H24ClN3O3. The Morgan fingerprint density at radius 1 is 1.07 bits per heavy atom. The maximum absolute atomic E-state index is 13.2. The summed E-state index contributed by atoms with van der Waals surface area (Å²) in [6, 6.07) is 10.9. The van der Waals surface area contributed by atoms with Crippen LogP contribution in [-0.4, -0.2) is 59.9 Å². The summed E-state index contributed by atoms with van der Waals surface area (Å²) in [4.78, 5) is 33.6. The van der Waals surface area contributed by atoms with Gasteiger partial charge in [0.15, 0.2) is 0 Å². The highest BCUT2D eigenvalue weighted by Crippen LogP contribution is 2.32. The number of halogens is 1. The molecule has 0 N–H and O–H groups in total. The predicted molar refractivity (Wildman–Crippen MR) is 112 cm³/mol. The Morgan fingerprint density at radius 3 is 2.38 bits per heavy atom. The fourth-order valence-electron chi connectivity index (χ4n) is 3.36. The van der Waals surface area contributed by atoms with Crippen molar-refractivity contribution in [1.82, 2.24) is 14.8 Å². The molecule has 0 bridgehead atoms. The van der Waals surface area contributed by atoms with Gasteiger partial charge in [-0.2, -0.15) is 0 Å². The first kappa shape index (κ1) is 21.0. The Morgan fingerprint density at radius 2 is 1.76 bits per heavy atom. The predicted octanol–water partition coefficient (Wildman–Crippen LogP) is 3.03. The van der Waals surface area contributed by atoms with Crippen LogP contribution >= 0.6 is 11.6 Å². The summed E-state index contributed by atoms with van der Waals surface area (Å²) in [5.41, 5.74) is 2.66. The van der Waals surface area contributed by atoms with E-state index in [4.69, 9.17) is 16.3 Å². The van der Waals surface area contributed by atoms with E-state index in [9.17, 15) is 9.59 Å². The average molecular weight is 414 g/mol. The van der Waals surface area contributed by atoms with Crippen LogP contribution in [0.25, 0.3) is 5.57 Å². The first-order valence-electron chi connectivity index (χ1n) is 9.56. The van der Waals surface area contributed by atoms with Gasteiger partial charge in [-0.3, -0.25) is 19.5 Å². The number of pyridine rings is 1. The van der Waals surface area contributed by atoms with Crippen LogP contribution in [0.15, 0.2) is 54.5 Å². The molecule has 0 saturated heterocycles. The molecule has 0 saturated carbocycles. The highest BCUT2D eigenvalue weighted by atomic mass is 35.5. The highest BCUT2D eigenvalue weighted by molar-refractivity contribution is 6.36. The van der Waals surface area contributed by atoms with Crippen LogP contribution in [0.5, 0.6) is 0 Å². The molecule has 0 unspecified atom stereocenters. The Bertz CT molecular complexity index is 897. The number of nitrogens with zero attached hydrogens (tertiary/aromatic N) is 3. The zero-order chi connectivity index (χ0) is 20.8. The van der Waals surface area contributed by atoms with E-state index in [0.29, 0.717) is 41.6 Å². The van der Waals surface area contributed by atoms with Crippen molar-refractivity contribution >= 4 is 29.0 Å². The molecule has 152 valence electrons. The molecule has 0 atom stereocenters. The Balaban J connectivity index is 1.96. The van der Waals surface area contributed by atoms with E-state index in [2.05, 4.69) is 4.98 Å². The number of amides is 2. The van der Waals surface area contributed by atoms with Crippen LogP contribution in [0.2, 0.25) is 5.02 Å². The van der Waals surface area contributed by atoms with E-state index in [1.165, 1.54) is 4.90 Å². The third kappa shape index (κ3) is 4.66. The molecule has 2 amide bonds. The SMILES string of the molecule is CCN(CCc1ccncc1)C1=C(c2ccc(Cl)cc2)C(=O)N(CCOC)C1=O. The van der Waals surface area contributed by atoms with E-state index >= 15 is 0 Å². The number of methoxy groups -OCH3 is 1. The Kier molecular flexibility index (Phi) is 7.01. The van der Waals surface area contributed by atoms with Gasteiger partial charge >= 0.3 is 0 Å². The van der Waals surface area contributed by atoms with E-state index in [1.54, 1.807) is 43.8 Å². The van der Waals surface area contributed by atoms with Crippen molar-refractivity contribution in [2.45, 2.75) is 13.3 Å². The molecule has 3 rings (SSSR count). The van der Waals surface area contributed by atoms with E-state index in [0.717, 1.165) is 12.0 Å². The summed E-state index contributed by atoms with van der Waals surface area (Å²) in [5, 5.41) is 0.578. The molecule has 7 heteroatoms. The van der Waals surface area contributed by atoms with E-state index < -0.39 is 0 Å². The van der Waals surface area contributed by atoms with Crippen molar-refractivity contribution in [3.8, 4) is 0 Å². The molecule has 1 aromatic heterocycles. The van der Waals surface area contributed by atoms with Crippen LogP contribution in [0.3, 0.4) is 0 Å². The van der Waals surface area contributed by atoms with Gasteiger partial charge in [0.2, 0.25) is 0 Å². The van der Waals surface area contributed by atoms with E-state index in [1.807, 2.05) is 24.0 Å². The maximum Gasteiger partial charge on any atom is 0.277 e. The van der Waals surface area contributed by atoms with Crippen LogP contribution in [0.4, 0.5) is 0 Å². The normalized spacial score (nSPS) is 14.1. The number of carbonyl (C=O) groups is 2. The van der Waals surface area contributed by atoms with Crippen molar-refractivity contribution in [2.75, 3.05) is 33.4 Å². The standard InChI is InChI=1S/C22H24ClN3O3/c1-3-25(13-10-16-8-11-24-12-9-16)20-19(17-4-6-18(23)7-5-17)21(27)26(22(20)28)14-15-29-2/h4-9,11-12H,3,10,13-15H2,1-2H3. The topological polar surface area (TPSA) is 62.7 Å². The van der Waals surface area contributed by atoms with Gasteiger partial charge in [0, 0.05) is 37.6 Å². The van der Waals surface area contributed by atoms with Crippen LogP contribution in [0.1, 0.15) is 18.1 Å². The lowest BCUT2D eigenvalue weighted by Gasteiger charge is -2.24. The first-order valence-corrected chi connectivity index (χ1v) is 9.93. The van der Waals surface area contributed by atoms with Crippen molar-refractivity contribution < 1.29 is 14.3 Å². The van der Waals surface area contributed by atoms with Crippen molar-refractivity contribution in [3.05, 3.63) is 70.6 Å². The molecule has 0 fully saturated rings. The number of carbonyl (C=O) groups excluding carboxylic acids is 2. The molecule has 0 spiro atoms. The fraction of sp³-hybridized carbons (Fsp3) is 0.318. The van der Waals surface area contributed by atoms with Gasteiger partial charge in [-0.05, 0) is 48.7 Å². The molecule has 1 aliphatic heterocycles. The fourth-order valence-corrected chi connectivity index (χ4v) is 3.49. The summed E-state index contributed by atoms with van der Waals surface area (Å²) in [6.45, 7) is 3.71. The number of imide groups is 1. The first-order chi connectivity index (χ1) is 14.1. The van der Waals surface area contributed by atoms with Crippen LogP contribution in [0, 0.1) is 0 Å². The van der Waals surface area contributed by atoms with Crippen LogP contribution in [-0.2, 0) is 20.7 Å². The summed E-state index contributed by atoms with van der Waals surface area (Å²) in [7, 11) is 1.55. The monoisotopic (exact) mass is 413 g/mol. The highest BCUT2D eigenvalue weighted by Gasteiger charge is 2.40. The molecule has 0 aliphatic carbocycles. The lowest BCUT2D eigenvalue weighted by Crippen LogP contribution is -2.37. The number of ether oxygens (including phenoxy) is 1. The van der Waals surface area contributed by atoms with Crippen molar-refractivity contribution in [1.29, 1.82) is 0 Å². The zero-order valence-electron chi connectivity index (χ0n) is 16.6. The lowest BCUT2D eigenvalue weighted by atomic mass is 10.0.